The Balaban J connectivity index is 0.00000729. The summed E-state index contributed by atoms with van der Waals surface area (Å²) in [6, 6.07) is 7.97. The second-order valence-corrected chi connectivity index (χ2v) is 9.06. The third kappa shape index (κ3) is 10.3. The Hall–Kier alpha value is -0.580. The number of hydrogen-bond donors (Lipinski definition) is 2. The van der Waals surface area contributed by atoms with Crippen LogP contribution in [-0.4, -0.2) is 64.0 Å². The van der Waals surface area contributed by atoms with Gasteiger partial charge < -0.3 is 10.6 Å². The molecule has 0 spiro atoms. The fourth-order valence-corrected chi connectivity index (χ4v) is 3.81. The molecule has 0 aliphatic rings. The van der Waals surface area contributed by atoms with Crippen molar-refractivity contribution in [1.82, 2.24) is 15.5 Å². The summed E-state index contributed by atoms with van der Waals surface area (Å²) in [7, 11) is -2.94. The van der Waals surface area contributed by atoms with Gasteiger partial charge in [0.2, 0.25) is 0 Å². The highest BCUT2D eigenvalue weighted by atomic mass is 127. The van der Waals surface area contributed by atoms with Crippen molar-refractivity contribution >= 4 is 51.4 Å². The highest BCUT2D eigenvalue weighted by Crippen LogP contribution is 2.27. The predicted molar refractivity (Wildman–Crippen MR) is 131 cm³/mol. The topological polar surface area (TPSA) is 73.8 Å². The molecule has 28 heavy (non-hydrogen) atoms. The zero-order valence-corrected chi connectivity index (χ0v) is 21.1. The quantitative estimate of drug-likeness (QED) is 0.194. The molecule has 2 N–H and O–H groups in total. The summed E-state index contributed by atoms with van der Waals surface area (Å²) in [5, 5.41) is 7.17. The zero-order chi connectivity index (χ0) is 20.3. The Bertz CT molecular complexity index is 697. The van der Waals surface area contributed by atoms with Crippen LogP contribution in [0.2, 0.25) is 5.02 Å². The standard InChI is InChI=1S/C19H33ClN4O2S.HI/c1-5-21-19(22-13-10-14-27(4,25)26)23-15-18(24(6-2)7-3)16-11-8-9-12-17(16)20;/h8-9,11-12,18H,5-7,10,13-15H2,1-4H3,(H2,21,22,23);1H. The van der Waals surface area contributed by atoms with E-state index >= 15 is 0 Å². The van der Waals surface area contributed by atoms with E-state index in [-0.39, 0.29) is 35.8 Å². The van der Waals surface area contributed by atoms with Gasteiger partial charge in [0.05, 0.1) is 18.3 Å². The molecule has 1 atom stereocenters. The SMILES string of the molecule is CCNC(=NCC(c1ccccc1Cl)N(CC)CC)NCCCS(C)(=O)=O.I. The van der Waals surface area contributed by atoms with Crippen LogP contribution in [0.3, 0.4) is 0 Å². The molecule has 0 aliphatic heterocycles. The number of benzene rings is 1. The second-order valence-electron chi connectivity index (χ2n) is 6.39. The maximum absolute atomic E-state index is 11.3. The molecule has 1 aromatic carbocycles. The van der Waals surface area contributed by atoms with Gasteiger partial charge >= 0.3 is 0 Å². The molecule has 6 nitrogen and oxygen atoms in total. The average molecular weight is 545 g/mol. The molecule has 0 fully saturated rings. The van der Waals surface area contributed by atoms with Crippen LogP contribution in [-0.2, 0) is 9.84 Å². The largest absolute Gasteiger partial charge is 0.357 e. The molecule has 0 bridgehead atoms. The van der Waals surface area contributed by atoms with Gasteiger partial charge in [0.1, 0.15) is 9.84 Å². The van der Waals surface area contributed by atoms with Crippen LogP contribution in [0.15, 0.2) is 29.3 Å². The highest BCUT2D eigenvalue weighted by molar-refractivity contribution is 14.0. The fourth-order valence-electron chi connectivity index (χ4n) is 2.88. The van der Waals surface area contributed by atoms with Crippen molar-refractivity contribution in [3.8, 4) is 0 Å². The number of halogens is 2. The van der Waals surface area contributed by atoms with Gasteiger partial charge in [-0.25, -0.2) is 8.42 Å². The lowest BCUT2D eigenvalue weighted by atomic mass is 10.1. The summed E-state index contributed by atoms with van der Waals surface area (Å²) in [6.07, 6.45) is 1.80. The lowest BCUT2D eigenvalue weighted by Crippen LogP contribution is -2.39. The molecule has 162 valence electrons. The first-order valence-electron chi connectivity index (χ1n) is 9.50. The Morgan fingerprint density at radius 2 is 1.82 bits per heavy atom. The molecule has 0 radical (unpaired) electrons. The number of guanidine groups is 1. The van der Waals surface area contributed by atoms with Gasteiger partial charge in [-0.3, -0.25) is 9.89 Å². The van der Waals surface area contributed by atoms with Crippen molar-refractivity contribution in [2.24, 2.45) is 4.99 Å². The summed E-state index contributed by atoms with van der Waals surface area (Å²) in [4.78, 5) is 7.06. The van der Waals surface area contributed by atoms with Crippen molar-refractivity contribution in [3.05, 3.63) is 34.9 Å². The van der Waals surface area contributed by atoms with Crippen LogP contribution >= 0.6 is 35.6 Å². The number of aliphatic imine (C=N–C) groups is 1. The van der Waals surface area contributed by atoms with Crippen LogP contribution in [0.1, 0.15) is 38.8 Å². The molecule has 1 unspecified atom stereocenters. The Morgan fingerprint density at radius 3 is 2.36 bits per heavy atom. The molecule has 0 saturated heterocycles. The number of nitrogens with one attached hydrogen (secondary N) is 2. The van der Waals surface area contributed by atoms with Crippen molar-refractivity contribution in [2.75, 3.05) is 44.7 Å². The third-order valence-corrected chi connectivity index (χ3v) is 5.64. The van der Waals surface area contributed by atoms with Crippen molar-refractivity contribution in [1.29, 1.82) is 0 Å². The molecule has 0 heterocycles. The van der Waals surface area contributed by atoms with Gasteiger partial charge in [-0.1, -0.05) is 43.6 Å². The van der Waals surface area contributed by atoms with Gasteiger partial charge in [-0.15, -0.1) is 24.0 Å². The summed E-state index contributed by atoms with van der Waals surface area (Å²) in [5.74, 6) is 0.858. The van der Waals surface area contributed by atoms with E-state index in [1.54, 1.807) is 0 Å². The minimum absolute atomic E-state index is 0. The monoisotopic (exact) mass is 544 g/mol. The van der Waals surface area contributed by atoms with E-state index in [1.807, 2.05) is 31.2 Å². The van der Waals surface area contributed by atoms with Crippen molar-refractivity contribution in [3.63, 3.8) is 0 Å². The molecule has 0 saturated carbocycles. The Labute approximate surface area is 192 Å². The van der Waals surface area contributed by atoms with Gasteiger partial charge in [-0.2, -0.15) is 0 Å². The van der Waals surface area contributed by atoms with E-state index in [1.165, 1.54) is 6.26 Å². The summed E-state index contributed by atoms with van der Waals surface area (Å²) in [5.41, 5.74) is 1.07. The van der Waals surface area contributed by atoms with E-state index < -0.39 is 9.84 Å². The number of hydrogen-bond acceptors (Lipinski definition) is 4. The third-order valence-electron chi connectivity index (χ3n) is 4.27. The van der Waals surface area contributed by atoms with Crippen molar-refractivity contribution in [2.45, 2.75) is 33.2 Å². The fraction of sp³-hybridized carbons (Fsp3) is 0.632. The molecule has 1 aromatic rings. The van der Waals surface area contributed by atoms with Gasteiger partial charge in [-0.05, 0) is 38.1 Å². The van der Waals surface area contributed by atoms with E-state index in [0.29, 0.717) is 25.5 Å². The second kappa shape index (κ2) is 14.4. The lowest BCUT2D eigenvalue weighted by Gasteiger charge is -2.29. The lowest BCUT2D eigenvalue weighted by molar-refractivity contribution is 0.224. The Morgan fingerprint density at radius 1 is 1.18 bits per heavy atom. The molecule has 9 heteroatoms. The van der Waals surface area contributed by atoms with Crippen LogP contribution < -0.4 is 10.6 Å². The maximum Gasteiger partial charge on any atom is 0.191 e. The van der Waals surface area contributed by atoms with Gasteiger partial charge in [0, 0.05) is 24.4 Å². The summed E-state index contributed by atoms with van der Waals surface area (Å²) < 4.78 is 22.5. The van der Waals surface area contributed by atoms with Crippen molar-refractivity contribution < 1.29 is 8.42 Å². The molecule has 0 aliphatic carbocycles. The molecule has 1 rings (SSSR count). The molecule has 0 aromatic heterocycles. The minimum atomic E-state index is -2.94. The first kappa shape index (κ1) is 27.4. The number of likely N-dealkylation sites (N-methyl/N-ethyl adjacent to an activating group) is 1. The first-order chi connectivity index (χ1) is 12.8. The highest BCUT2D eigenvalue weighted by Gasteiger charge is 2.20. The van der Waals surface area contributed by atoms with E-state index in [0.717, 1.165) is 30.2 Å². The van der Waals surface area contributed by atoms with Crippen LogP contribution in [0.4, 0.5) is 0 Å². The molecular formula is C19H34ClIN4O2S. The van der Waals surface area contributed by atoms with E-state index in [4.69, 9.17) is 16.6 Å². The number of nitrogens with zero attached hydrogens (tertiary/aromatic N) is 2. The van der Waals surface area contributed by atoms with E-state index in [2.05, 4.69) is 29.4 Å². The van der Waals surface area contributed by atoms with Gasteiger partial charge in [0.25, 0.3) is 0 Å². The van der Waals surface area contributed by atoms with Crippen LogP contribution in [0.25, 0.3) is 0 Å². The van der Waals surface area contributed by atoms with Gasteiger partial charge in [0.15, 0.2) is 5.96 Å². The van der Waals surface area contributed by atoms with Crippen LogP contribution in [0, 0.1) is 0 Å². The zero-order valence-electron chi connectivity index (χ0n) is 17.2. The maximum atomic E-state index is 11.3. The van der Waals surface area contributed by atoms with E-state index in [9.17, 15) is 8.42 Å². The molecule has 0 amide bonds. The van der Waals surface area contributed by atoms with Crippen LogP contribution in [0.5, 0.6) is 0 Å². The minimum Gasteiger partial charge on any atom is -0.357 e. The summed E-state index contributed by atoms with van der Waals surface area (Å²) >= 11 is 6.44. The number of rotatable bonds is 11. The normalized spacial score (nSPS) is 13.1. The smallest absolute Gasteiger partial charge is 0.191 e. The first-order valence-corrected chi connectivity index (χ1v) is 11.9. The Kier molecular flexibility index (Phi) is 14.1. The molecular weight excluding hydrogens is 511 g/mol. The summed E-state index contributed by atoms with van der Waals surface area (Å²) in [6.45, 7) is 9.93. The number of sulfone groups is 1. The predicted octanol–water partition coefficient (Wildman–Crippen LogP) is 3.33. The average Bonchev–Trinajstić information content (AvgIpc) is 2.62.